The van der Waals surface area contributed by atoms with E-state index in [9.17, 15) is 4.79 Å². The number of ether oxygens (including phenoxy) is 1. The molecule has 0 spiro atoms. The van der Waals surface area contributed by atoms with Gasteiger partial charge in [-0.2, -0.15) is 0 Å². The largest absolute Gasteiger partial charge is 0.460 e. The van der Waals surface area contributed by atoms with E-state index >= 15 is 0 Å². The summed E-state index contributed by atoms with van der Waals surface area (Å²) in [4.78, 5) is 17.2. The van der Waals surface area contributed by atoms with Crippen LogP contribution in [0.25, 0.3) is 0 Å². The van der Waals surface area contributed by atoms with E-state index in [0.717, 1.165) is 18.7 Å². The van der Waals surface area contributed by atoms with Crippen molar-refractivity contribution in [2.24, 2.45) is 5.10 Å². The normalized spacial score (nSPS) is 24.3. The maximum absolute atomic E-state index is 12.8. The van der Waals surface area contributed by atoms with Crippen molar-refractivity contribution in [3.63, 3.8) is 0 Å². The van der Waals surface area contributed by atoms with Crippen molar-refractivity contribution in [2.75, 3.05) is 31.8 Å². The van der Waals surface area contributed by atoms with E-state index < -0.39 is 5.66 Å². The highest BCUT2D eigenvalue weighted by Crippen LogP contribution is 2.43. The van der Waals surface area contributed by atoms with E-state index in [4.69, 9.17) is 21.4 Å². The molecule has 2 atom stereocenters. The summed E-state index contributed by atoms with van der Waals surface area (Å²) in [5.74, 6) is -0.0302. The van der Waals surface area contributed by atoms with Gasteiger partial charge in [-0.05, 0) is 50.7 Å². The van der Waals surface area contributed by atoms with Crippen molar-refractivity contribution in [1.29, 1.82) is 0 Å². The first-order chi connectivity index (χ1) is 14.4. The fraction of sp³-hybridized carbons (Fsp3) is 0.391. The number of carbonyl (C=O) groups excluding carboxylic acids is 1. The smallest absolute Gasteiger partial charge is 0.376 e. The first-order valence-corrected chi connectivity index (χ1v) is 10.7. The Bertz CT molecular complexity index is 934. The number of benzene rings is 2. The molecule has 2 aromatic carbocycles. The van der Waals surface area contributed by atoms with Crippen molar-refractivity contribution in [2.45, 2.75) is 32.0 Å². The molecule has 0 N–H and O–H groups in total. The third-order valence-corrected chi connectivity index (χ3v) is 6.24. The Labute approximate surface area is 182 Å². The van der Waals surface area contributed by atoms with Crippen LogP contribution in [0.1, 0.15) is 31.9 Å². The van der Waals surface area contributed by atoms with Crippen molar-refractivity contribution in [3.8, 4) is 0 Å². The minimum atomic E-state index is -0.527. The van der Waals surface area contributed by atoms with Crippen LogP contribution < -0.4 is 5.01 Å². The molecule has 1 fully saturated rings. The van der Waals surface area contributed by atoms with Gasteiger partial charge < -0.3 is 9.64 Å². The standard InChI is InChI=1S/C23H27ClN4O2/c1-4-30-22(29)21-25-28(19-12-10-18(24)11-13-19)23(2)16-20(17-8-6-5-7-9-17)26(3)14-15-27(21)23/h5-13,20H,4,14-16H2,1-3H3/t20?,23-/m1/s1. The van der Waals surface area contributed by atoms with Gasteiger partial charge in [0.2, 0.25) is 5.84 Å². The molecule has 158 valence electrons. The lowest BCUT2D eigenvalue weighted by Gasteiger charge is -2.41. The highest BCUT2D eigenvalue weighted by atomic mass is 35.5. The number of rotatable bonds is 4. The molecule has 2 aromatic rings. The van der Waals surface area contributed by atoms with Gasteiger partial charge in [0.15, 0.2) is 0 Å². The fourth-order valence-corrected chi connectivity index (χ4v) is 4.52. The van der Waals surface area contributed by atoms with Crippen LogP contribution in [0.2, 0.25) is 5.02 Å². The van der Waals surface area contributed by atoms with Crippen LogP contribution >= 0.6 is 11.6 Å². The van der Waals surface area contributed by atoms with Crippen LogP contribution in [0.3, 0.4) is 0 Å². The molecule has 0 aromatic heterocycles. The molecular weight excluding hydrogens is 400 g/mol. The Morgan fingerprint density at radius 3 is 2.53 bits per heavy atom. The summed E-state index contributed by atoms with van der Waals surface area (Å²) in [6.45, 7) is 5.76. The number of hydrogen-bond donors (Lipinski definition) is 0. The summed E-state index contributed by atoms with van der Waals surface area (Å²) in [6.07, 6.45) is 0.766. The van der Waals surface area contributed by atoms with Gasteiger partial charge in [0, 0.05) is 30.6 Å². The summed E-state index contributed by atoms with van der Waals surface area (Å²) < 4.78 is 5.33. The number of esters is 1. The number of anilines is 1. The number of hydrazone groups is 1. The molecule has 0 amide bonds. The van der Waals surface area contributed by atoms with Crippen LogP contribution in [0, 0.1) is 0 Å². The van der Waals surface area contributed by atoms with Gasteiger partial charge >= 0.3 is 5.97 Å². The molecule has 2 aliphatic rings. The molecule has 0 aliphatic carbocycles. The topological polar surface area (TPSA) is 48.4 Å². The zero-order valence-electron chi connectivity index (χ0n) is 17.6. The summed E-state index contributed by atoms with van der Waals surface area (Å²) in [6, 6.07) is 18.3. The number of amidine groups is 1. The Morgan fingerprint density at radius 2 is 1.87 bits per heavy atom. The molecule has 0 saturated carbocycles. The summed E-state index contributed by atoms with van der Waals surface area (Å²) in [5, 5.41) is 7.37. The fourth-order valence-electron chi connectivity index (χ4n) is 4.39. The second-order valence-electron chi connectivity index (χ2n) is 7.91. The molecule has 7 heteroatoms. The van der Waals surface area contributed by atoms with Gasteiger partial charge in [-0.3, -0.25) is 4.90 Å². The molecule has 6 nitrogen and oxygen atoms in total. The Kier molecular flexibility index (Phi) is 5.71. The Balaban J connectivity index is 1.78. The van der Waals surface area contributed by atoms with Crippen LogP contribution in [-0.4, -0.2) is 54.0 Å². The van der Waals surface area contributed by atoms with Crippen molar-refractivity contribution in [1.82, 2.24) is 9.80 Å². The molecule has 30 heavy (non-hydrogen) atoms. The third-order valence-electron chi connectivity index (χ3n) is 5.99. The Morgan fingerprint density at radius 1 is 1.17 bits per heavy atom. The lowest BCUT2D eigenvalue weighted by molar-refractivity contribution is -0.136. The van der Waals surface area contributed by atoms with E-state index in [-0.39, 0.29) is 12.0 Å². The Hall–Kier alpha value is -2.57. The highest BCUT2D eigenvalue weighted by Gasteiger charge is 2.51. The zero-order valence-corrected chi connectivity index (χ0v) is 18.3. The zero-order chi connectivity index (χ0) is 21.3. The first kappa shape index (κ1) is 20.7. The minimum absolute atomic E-state index is 0.188. The molecule has 2 heterocycles. The molecule has 0 radical (unpaired) electrons. The van der Waals surface area contributed by atoms with Gasteiger partial charge in [-0.15, -0.1) is 5.10 Å². The summed E-state index contributed by atoms with van der Waals surface area (Å²) >= 11 is 6.11. The molecule has 2 aliphatic heterocycles. The van der Waals surface area contributed by atoms with Crippen molar-refractivity contribution < 1.29 is 9.53 Å². The van der Waals surface area contributed by atoms with E-state index in [1.54, 1.807) is 0 Å². The second kappa shape index (κ2) is 8.28. The molecule has 1 unspecified atom stereocenters. The van der Waals surface area contributed by atoms with Gasteiger partial charge in [0.1, 0.15) is 5.66 Å². The van der Waals surface area contributed by atoms with Crippen LogP contribution in [0.5, 0.6) is 0 Å². The van der Waals surface area contributed by atoms with Crippen LogP contribution in [0.15, 0.2) is 59.7 Å². The molecule has 0 bridgehead atoms. The molecular formula is C23H27ClN4O2. The van der Waals surface area contributed by atoms with Gasteiger partial charge in [-0.1, -0.05) is 41.9 Å². The monoisotopic (exact) mass is 426 g/mol. The SMILES string of the molecule is CCOC(=O)C1=NN(c2ccc(Cl)cc2)[C@]2(C)CC(c3ccccc3)N(C)CCN12. The average Bonchev–Trinajstić information content (AvgIpc) is 2.96. The number of nitrogens with zero attached hydrogens (tertiary/aromatic N) is 4. The van der Waals surface area contributed by atoms with Gasteiger partial charge in [-0.25, -0.2) is 9.80 Å². The van der Waals surface area contributed by atoms with E-state index in [1.165, 1.54) is 5.56 Å². The van der Waals surface area contributed by atoms with Crippen molar-refractivity contribution in [3.05, 3.63) is 65.2 Å². The number of likely N-dealkylation sites (N-methyl/N-ethyl adjacent to an activating group) is 1. The third kappa shape index (κ3) is 3.66. The van der Waals surface area contributed by atoms with Crippen LogP contribution in [-0.2, 0) is 9.53 Å². The number of hydrogen-bond acceptors (Lipinski definition) is 6. The predicted molar refractivity (Wildman–Crippen MR) is 120 cm³/mol. The quantitative estimate of drug-likeness (QED) is 0.688. The lowest BCUT2D eigenvalue weighted by atomic mass is 9.94. The highest BCUT2D eigenvalue weighted by molar-refractivity contribution is 6.36. The maximum Gasteiger partial charge on any atom is 0.376 e. The lowest BCUT2D eigenvalue weighted by Crippen LogP contribution is -2.55. The number of halogens is 1. The van der Waals surface area contributed by atoms with E-state index in [2.05, 4.69) is 48.0 Å². The molecule has 1 saturated heterocycles. The van der Waals surface area contributed by atoms with Crippen LogP contribution in [0.4, 0.5) is 5.69 Å². The van der Waals surface area contributed by atoms with Gasteiger partial charge in [0.05, 0.1) is 12.3 Å². The number of carbonyl (C=O) groups is 1. The van der Waals surface area contributed by atoms with E-state index in [1.807, 2.05) is 42.3 Å². The number of fused-ring (bicyclic) bond motifs is 1. The summed E-state index contributed by atoms with van der Waals surface area (Å²) in [7, 11) is 2.14. The second-order valence-corrected chi connectivity index (χ2v) is 8.35. The first-order valence-electron chi connectivity index (χ1n) is 10.3. The minimum Gasteiger partial charge on any atom is -0.460 e. The summed E-state index contributed by atoms with van der Waals surface area (Å²) in [5.41, 5.74) is 1.62. The predicted octanol–water partition coefficient (Wildman–Crippen LogP) is 4.13. The van der Waals surface area contributed by atoms with Gasteiger partial charge in [0.25, 0.3) is 0 Å². The van der Waals surface area contributed by atoms with E-state index in [0.29, 0.717) is 24.0 Å². The molecule has 4 rings (SSSR count). The maximum atomic E-state index is 12.8. The average molecular weight is 427 g/mol. The van der Waals surface area contributed by atoms with Crippen molar-refractivity contribution >= 4 is 29.1 Å².